The number of aliphatic hydroxyl groups is 1. The van der Waals surface area contributed by atoms with Crippen molar-refractivity contribution in [2.45, 2.75) is 40.0 Å². The SMILES string of the molecule is CC(C)(C)C1CCc2c(sc(NC(=O)c3ccccc3Br)c2C(=O)NCCO)C1. The van der Waals surface area contributed by atoms with Crippen molar-refractivity contribution in [1.82, 2.24) is 5.32 Å². The van der Waals surface area contributed by atoms with Crippen LogP contribution in [0.1, 0.15) is 58.3 Å². The van der Waals surface area contributed by atoms with E-state index in [9.17, 15) is 9.59 Å². The molecule has 2 amide bonds. The van der Waals surface area contributed by atoms with Crippen LogP contribution in [0, 0.1) is 11.3 Å². The molecule has 29 heavy (non-hydrogen) atoms. The molecule has 0 saturated carbocycles. The Morgan fingerprint density at radius 1 is 1.24 bits per heavy atom. The van der Waals surface area contributed by atoms with Crippen molar-refractivity contribution in [3.8, 4) is 0 Å². The monoisotopic (exact) mass is 478 g/mol. The van der Waals surface area contributed by atoms with Gasteiger partial charge in [-0.1, -0.05) is 32.9 Å². The van der Waals surface area contributed by atoms with E-state index in [0.717, 1.165) is 24.8 Å². The lowest BCUT2D eigenvalue weighted by atomic mass is 9.72. The minimum atomic E-state index is -0.250. The Balaban J connectivity index is 1.95. The summed E-state index contributed by atoms with van der Waals surface area (Å²) in [4.78, 5) is 26.9. The molecule has 3 N–H and O–H groups in total. The third kappa shape index (κ3) is 4.90. The summed E-state index contributed by atoms with van der Waals surface area (Å²) in [5, 5.41) is 15.4. The highest BCUT2D eigenvalue weighted by Crippen LogP contribution is 2.44. The molecule has 1 aromatic heterocycles. The Hall–Kier alpha value is -1.70. The average molecular weight is 479 g/mol. The molecule has 0 saturated heterocycles. The number of anilines is 1. The van der Waals surface area contributed by atoms with Crippen molar-refractivity contribution >= 4 is 44.1 Å². The van der Waals surface area contributed by atoms with Gasteiger partial charge in [-0.2, -0.15) is 0 Å². The number of hydrogen-bond acceptors (Lipinski definition) is 4. The molecule has 3 rings (SSSR count). The van der Waals surface area contributed by atoms with Crippen molar-refractivity contribution in [2.24, 2.45) is 11.3 Å². The number of fused-ring (bicyclic) bond motifs is 1. The first kappa shape index (κ1) is 22.0. The summed E-state index contributed by atoms with van der Waals surface area (Å²) in [6.45, 7) is 6.82. The molecular weight excluding hydrogens is 452 g/mol. The minimum Gasteiger partial charge on any atom is -0.395 e. The topological polar surface area (TPSA) is 78.4 Å². The summed E-state index contributed by atoms with van der Waals surface area (Å²) in [7, 11) is 0. The molecule has 7 heteroatoms. The Bertz CT molecular complexity index is 917. The molecule has 1 aliphatic carbocycles. The van der Waals surface area contributed by atoms with E-state index >= 15 is 0 Å². The molecule has 1 heterocycles. The Morgan fingerprint density at radius 2 is 1.97 bits per heavy atom. The van der Waals surface area contributed by atoms with Crippen LogP contribution < -0.4 is 10.6 Å². The van der Waals surface area contributed by atoms with Gasteiger partial charge in [-0.25, -0.2) is 0 Å². The van der Waals surface area contributed by atoms with E-state index in [0.29, 0.717) is 26.5 Å². The van der Waals surface area contributed by atoms with E-state index in [1.165, 1.54) is 16.2 Å². The third-order valence-electron chi connectivity index (χ3n) is 5.46. The van der Waals surface area contributed by atoms with E-state index in [1.807, 2.05) is 18.2 Å². The van der Waals surface area contributed by atoms with Gasteiger partial charge in [0.25, 0.3) is 11.8 Å². The van der Waals surface area contributed by atoms with Gasteiger partial charge < -0.3 is 15.7 Å². The van der Waals surface area contributed by atoms with E-state index in [1.54, 1.807) is 6.07 Å². The van der Waals surface area contributed by atoms with Crippen molar-refractivity contribution in [2.75, 3.05) is 18.5 Å². The highest BCUT2D eigenvalue weighted by atomic mass is 79.9. The molecule has 0 fully saturated rings. The van der Waals surface area contributed by atoms with E-state index in [4.69, 9.17) is 5.11 Å². The van der Waals surface area contributed by atoms with Crippen LogP contribution in [0.25, 0.3) is 0 Å². The average Bonchev–Trinajstić information content (AvgIpc) is 3.02. The smallest absolute Gasteiger partial charge is 0.257 e. The first-order valence-electron chi connectivity index (χ1n) is 9.81. The Kier molecular flexibility index (Phi) is 6.81. The summed E-state index contributed by atoms with van der Waals surface area (Å²) in [6.07, 6.45) is 2.75. The highest BCUT2D eigenvalue weighted by Gasteiger charge is 2.34. The van der Waals surface area contributed by atoms with Gasteiger partial charge in [-0.05, 0) is 64.2 Å². The number of benzene rings is 1. The Morgan fingerprint density at radius 3 is 2.62 bits per heavy atom. The molecule has 0 aliphatic heterocycles. The quantitative estimate of drug-likeness (QED) is 0.585. The van der Waals surface area contributed by atoms with Gasteiger partial charge in [0.2, 0.25) is 0 Å². The maximum absolute atomic E-state index is 12.9. The van der Waals surface area contributed by atoms with Crippen LogP contribution in [0.4, 0.5) is 5.00 Å². The fourth-order valence-electron chi connectivity index (χ4n) is 3.73. The molecule has 1 aliphatic rings. The molecule has 1 unspecified atom stereocenters. The van der Waals surface area contributed by atoms with Crippen LogP contribution in [0.3, 0.4) is 0 Å². The normalized spacial score (nSPS) is 16.2. The predicted octanol–water partition coefficient (Wildman–Crippen LogP) is 4.64. The molecule has 0 bridgehead atoms. The zero-order valence-corrected chi connectivity index (χ0v) is 19.4. The van der Waals surface area contributed by atoms with Crippen LogP contribution in [-0.4, -0.2) is 30.1 Å². The lowest BCUT2D eigenvalue weighted by molar-refractivity contribution is 0.0944. The van der Waals surface area contributed by atoms with Crippen molar-refractivity contribution < 1.29 is 14.7 Å². The second-order valence-electron chi connectivity index (χ2n) is 8.43. The van der Waals surface area contributed by atoms with Gasteiger partial charge in [-0.15, -0.1) is 11.3 Å². The second-order valence-corrected chi connectivity index (χ2v) is 10.4. The number of halogens is 1. The fourth-order valence-corrected chi connectivity index (χ4v) is 5.51. The zero-order chi connectivity index (χ0) is 21.2. The largest absolute Gasteiger partial charge is 0.395 e. The minimum absolute atomic E-state index is 0.122. The van der Waals surface area contributed by atoms with Gasteiger partial charge in [0.05, 0.1) is 17.7 Å². The van der Waals surface area contributed by atoms with Crippen LogP contribution in [0.15, 0.2) is 28.7 Å². The van der Waals surface area contributed by atoms with Gasteiger partial charge >= 0.3 is 0 Å². The highest BCUT2D eigenvalue weighted by molar-refractivity contribution is 9.10. The molecule has 2 aromatic rings. The Labute approximate surface area is 184 Å². The third-order valence-corrected chi connectivity index (χ3v) is 7.32. The van der Waals surface area contributed by atoms with Gasteiger partial charge in [0.1, 0.15) is 5.00 Å². The van der Waals surface area contributed by atoms with Crippen LogP contribution in [-0.2, 0) is 12.8 Å². The van der Waals surface area contributed by atoms with Crippen molar-refractivity contribution in [1.29, 1.82) is 0 Å². The van der Waals surface area contributed by atoms with Gasteiger partial charge in [-0.3, -0.25) is 9.59 Å². The van der Waals surface area contributed by atoms with Crippen LogP contribution in [0.2, 0.25) is 0 Å². The number of amides is 2. The second kappa shape index (κ2) is 8.98. The van der Waals surface area contributed by atoms with E-state index < -0.39 is 0 Å². The maximum Gasteiger partial charge on any atom is 0.257 e. The molecule has 0 radical (unpaired) electrons. The number of carbonyl (C=O) groups excluding carboxylic acids is 2. The first-order valence-corrected chi connectivity index (χ1v) is 11.4. The molecule has 1 aromatic carbocycles. The molecule has 5 nitrogen and oxygen atoms in total. The number of rotatable bonds is 5. The number of aliphatic hydroxyl groups excluding tert-OH is 1. The summed E-state index contributed by atoms with van der Waals surface area (Å²) in [5.74, 6) is 0.0432. The lowest BCUT2D eigenvalue weighted by Gasteiger charge is -2.33. The molecular formula is C22H27BrN2O3S. The maximum atomic E-state index is 12.9. The van der Waals surface area contributed by atoms with Gasteiger partial charge in [0.15, 0.2) is 0 Å². The molecule has 0 spiro atoms. The predicted molar refractivity (Wildman–Crippen MR) is 121 cm³/mol. The van der Waals surface area contributed by atoms with Crippen LogP contribution >= 0.6 is 27.3 Å². The van der Waals surface area contributed by atoms with Gasteiger partial charge in [0, 0.05) is 15.9 Å². The molecule has 1 atom stereocenters. The number of thiophene rings is 1. The van der Waals surface area contributed by atoms with Crippen molar-refractivity contribution in [3.63, 3.8) is 0 Å². The summed E-state index contributed by atoms with van der Waals surface area (Å²) >= 11 is 4.92. The van der Waals surface area contributed by atoms with Crippen molar-refractivity contribution in [3.05, 3.63) is 50.3 Å². The number of hydrogen-bond donors (Lipinski definition) is 3. The standard InChI is InChI=1S/C22H27BrN2O3S/c1-22(2,3)13-8-9-15-17(12-13)29-21(18(15)20(28)24-10-11-26)25-19(27)14-6-4-5-7-16(14)23/h4-7,13,26H,8-12H2,1-3H3,(H,24,28)(H,25,27). The first-order chi connectivity index (χ1) is 13.7. The van der Waals surface area contributed by atoms with E-state index in [-0.39, 0.29) is 30.4 Å². The number of nitrogens with one attached hydrogen (secondary N) is 2. The lowest BCUT2D eigenvalue weighted by Crippen LogP contribution is -2.30. The summed E-state index contributed by atoms with van der Waals surface area (Å²) in [6, 6.07) is 7.22. The van der Waals surface area contributed by atoms with Crippen LogP contribution in [0.5, 0.6) is 0 Å². The van der Waals surface area contributed by atoms with E-state index in [2.05, 4.69) is 47.3 Å². The summed E-state index contributed by atoms with van der Waals surface area (Å²) in [5.41, 5.74) is 2.30. The zero-order valence-electron chi connectivity index (χ0n) is 17.0. The molecule has 156 valence electrons. The number of carbonyl (C=O) groups is 2. The fraction of sp³-hybridized carbons (Fsp3) is 0.455. The summed E-state index contributed by atoms with van der Waals surface area (Å²) < 4.78 is 0.706.